The zero-order valence-corrected chi connectivity index (χ0v) is 17.0. The van der Waals surface area contributed by atoms with Crippen molar-refractivity contribution in [2.24, 2.45) is 12.0 Å². The first-order valence-corrected chi connectivity index (χ1v) is 9.73. The number of halogens is 4. The summed E-state index contributed by atoms with van der Waals surface area (Å²) in [6, 6.07) is 6.05. The summed E-state index contributed by atoms with van der Waals surface area (Å²) in [5.74, 6) is 1.35. The van der Waals surface area contributed by atoms with Crippen molar-refractivity contribution in [2.75, 3.05) is 0 Å². The van der Waals surface area contributed by atoms with Crippen LogP contribution >= 0.6 is 15.9 Å². The molecular formula is C20H18BrF3N4. The summed E-state index contributed by atoms with van der Waals surface area (Å²) < 4.78 is 42.2. The highest BCUT2D eigenvalue weighted by atomic mass is 79.9. The number of benzene rings is 1. The van der Waals surface area contributed by atoms with Crippen molar-refractivity contribution in [2.45, 2.75) is 38.4 Å². The molecule has 28 heavy (non-hydrogen) atoms. The Hall–Kier alpha value is -2.22. The van der Waals surface area contributed by atoms with Crippen LogP contribution in [0.3, 0.4) is 0 Å². The van der Waals surface area contributed by atoms with Gasteiger partial charge in [-0.25, -0.2) is 9.97 Å². The summed E-state index contributed by atoms with van der Waals surface area (Å²) in [6.07, 6.45) is -0.437. The average Bonchev–Trinajstić information content (AvgIpc) is 3.46. The molecule has 0 unspecified atom stereocenters. The number of rotatable bonds is 3. The van der Waals surface area contributed by atoms with E-state index in [1.165, 1.54) is 13.0 Å². The molecule has 1 aromatic carbocycles. The monoisotopic (exact) mass is 450 g/mol. The largest absolute Gasteiger partial charge is 0.416 e. The standard InChI is InChI=1S/C20H18BrF3N4/c1-11-13(4-3-5-15(11)20(22,23)24)9-26-18-14-8-17(21)25-10-16(14)28(2)19(27-18)12-6-7-12/h3-5,8,10,12H,6-7,9H2,1-2H3/b26-18-. The molecule has 8 heteroatoms. The Morgan fingerprint density at radius 1 is 1.29 bits per heavy atom. The fraction of sp³-hybridized carbons (Fsp3) is 0.350. The average molecular weight is 451 g/mol. The molecule has 0 amide bonds. The van der Waals surface area contributed by atoms with Crippen LogP contribution in [0.15, 0.2) is 40.1 Å². The van der Waals surface area contributed by atoms with Crippen LogP contribution in [-0.2, 0) is 19.8 Å². The number of aromatic nitrogens is 3. The van der Waals surface area contributed by atoms with Crippen molar-refractivity contribution >= 4 is 26.8 Å². The Morgan fingerprint density at radius 3 is 2.71 bits per heavy atom. The fourth-order valence-corrected chi connectivity index (χ4v) is 3.72. The van der Waals surface area contributed by atoms with Gasteiger partial charge in [-0.2, -0.15) is 13.2 Å². The minimum atomic E-state index is -4.37. The van der Waals surface area contributed by atoms with E-state index in [9.17, 15) is 13.2 Å². The molecule has 0 atom stereocenters. The molecule has 1 aliphatic rings. The first-order valence-electron chi connectivity index (χ1n) is 8.94. The Labute approximate surface area is 168 Å². The lowest BCUT2D eigenvalue weighted by Gasteiger charge is -2.13. The van der Waals surface area contributed by atoms with Crippen molar-refractivity contribution in [3.8, 4) is 0 Å². The highest BCUT2D eigenvalue weighted by Crippen LogP contribution is 2.39. The predicted octanol–water partition coefficient (Wildman–Crippen LogP) is 5.04. The molecular weight excluding hydrogens is 433 g/mol. The molecule has 3 aromatic rings. The third kappa shape index (κ3) is 3.57. The van der Waals surface area contributed by atoms with Gasteiger partial charge >= 0.3 is 6.18 Å². The second-order valence-electron chi connectivity index (χ2n) is 7.05. The number of fused-ring (bicyclic) bond motifs is 1. The molecule has 1 saturated carbocycles. The summed E-state index contributed by atoms with van der Waals surface area (Å²) in [5.41, 5.74) is 1.56. The van der Waals surface area contributed by atoms with Gasteiger partial charge in [0.15, 0.2) is 5.49 Å². The minimum Gasteiger partial charge on any atom is -0.331 e. The number of alkyl halides is 3. The molecule has 1 fully saturated rings. The molecule has 4 rings (SSSR count). The molecule has 0 N–H and O–H groups in total. The molecule has 0 aliphatic heterocycles. The molecule has 0 spiro atoms. The zero-order chi connectivity index (χ0) is 20.1. The number of nitrogens with zero attached hydrogens (tertiary/aromatic N) is 4. The van der Waals surface area contributed by atoms with Crippen LogP contribution in [-0.4, -0.2) is 14.5 Å². The molecule has 0 saturated heterocycles. The minimum absolute atomic E-state index is 0.135. The Balaban J connectivity index is 1.84. The van der Waals surface area contributed by atoms with Crippen molar-refractivity contribution in [3.63, 3.8) is 0 Å². The Kier molecular flexibility index (Phi) is 4.77. The third-order valence-corrected chi connectivity index (χ3v) is 5.54. The van der Waals surface area contributed by atoms with Crippen LogP contribution in [0.1, 0.15) is 41.3 Å². The van der Waals surface area contributed by atoms with Gasteiger partial charge < -0.3 is 4.57 Å². The van der Waals surface area contributed by atoms with Gasteiger partial charge in [-0.05, 0) is 59.0 Å². The first kappa shape index (κ1) is 19.1. The lowest BCUT2D eigenvalue weighted by atomic mass is 10.0. The van der Waals surface area contributed by atoms with Crippen LogP contribution in [0.4, 0.5) is 13.2 Å². The second-order valence-corrected chi connectivity index (χ2v) is 7.87. The van der Waals surface area contributed by atoms with E-state index in [2.05, 4.69) is 25.9 Å². The number of hydrogen-bond donors (Lipinski definition) is 0. The number of aryl methyl sites for hydroxylation is 1. The smallest absolute Gasteiger partial charge is 0.331 e. The maximum Gasteiger partial charge on any atom is 0.416 e. The van der Waals surface area contributed by atoms with Crippen molar-refractivity contribution in [1.82, 2.24) is 14.5 Å². The number of pyridine rings is 1. The molecule has 0 radical (unpaired) electrons. The molecule has 146 valence electrons. The summed E-state index contributed by atoms with van der Waals surface area (Å²) in [7, 11) is 1.96. The van der Waals surface area contributed by atoms with Crippen molar-refractivity contribution in [3.05, 3.63) is 63.1 Å². The summed E-state index contributed by atoms with van der Waals surface area (Å²) in [5, 5.41) is 0.818. The first-order chi connectivity index (χ1) is 13.3. The summed E-state index contributed by atoms with van der Waals surface area (Å²) in [4.78, 5) is 13.6. The van der Waals surface area contributed by atoms with Crippen LogP contribution in [0.2, 0.25) is 0 Å². The van der Waals surface area contributed by atoms with Gasteiger partial charge in [0.25, 0.3) is 0 Å². The predicted molar refractivity (Wildman–Crippen MR) is 104 cm³/mol. The van der Waals surface area contributed by atoms with E-state index in [1.807, 2.05) is 17.7 Å². The molecule has 2 aromatic heterocycles. The zero-order valence-electron chi connectivity index (χ0n) is 15.4. The topological polar surface area (TPSA) is 43.1 Å². The van der Waals surface area contributed by atoms with Crippen LogP contribution < -0.4 is 5.49 Å². The number of hydrogen-bond acceptors (Lipinski definition) is 3. The molecule has 0 bridgehead atoms. The van der Waals surface area contributed by atoms with E-state index in [0.717, 1.165) is 35.6 Å². The van der Waals surface area contributed by atoms with Gasteiger partial charge in [-0.1, -0.05) is 12.1 Å². The lowest BCUT2D eigenvalue weighted by Crippen LogP contribution is -2.19. The summed E-state index contributed by atoms with van der Waals surface area (Å²) >= 11 is 3.38. The van der Waals surface area contributed by atoms with Crippen LogP contribution in [0.25, 0.3) is 10.9 Å². The fourth-order valence-electron chi connectivity index (χ4n) is 3.39. The second kappa shape index (κ2) is 6.99. The van der Waals surface area contributed by atoms with Gasteiger partial charge in [0.2, 0.25) is 0 Å². The quantitative estimate of drug-likeness (QED) is 0.524. The van der Waals surface area contributed by atoms with Gasteiger partial charge in [-0.3, -0.25) is 4.99 Å². The normalized spacial score (nSPS) is 15.4. The van der Waals surface area contributed by atoms with Crippen LogP contribution in [0, 0.1) is 6.92 Å². The molecule has 1 aliphatic carbocycles. The Bertz CT molecular complexity index is 1130. The van der Waals surface area contributed by atoms with Crippen LogP contribution in [0.5, 0.6) is 0 Å². The molecule has 2 heterocycles. The van der Waals surface area contributed by atoms with E-state index in [4.69, 9.17) is 4.98 Å². The van der Waals surface area contributed by atoms with E-state index >= 15 is 0 Å². The van der Waals surface area contributed by atoms with Gasteiger partial charge in [-0.15, -0.1) is 0 Å². The van der Waals surface area contributed by atoms with E-state index in [0.29, 0.717) is 21.6 Å². The van der Waals surface area contributed by atoms with E-state index in [-0.39, 0.29) is 12.1 Å². The van der Waals surface area contributed by atoms with Gasteiger partial charge in [0, 0.05) is 18.4 Å². The highest BCUT2D eigenvalue weighted by Gasteiger charge is 2.32. The van der Waals surface area contributed by atoms with Crippen molar-refractivity contribution in [1.29, 1.82) is 0 Å². The van der Waals surface area contributed by atoms with Crippen molar-refractivity contribution < 1.29 is 13.2 Å². The van der Waals surface area contributed by atoms with Gasteiger partial charge in [0.1, 0.15) is 10.4 Å². The molecule has 4 nitrogen and oxygen atoms in total. The highest BCUT2D eigenvalue weighted by molar-refractivity contribution is 9.10. The van der Waals surface area contributed by atoms with E-state index in [1.54, 1.807) is 12.3 Å². The maximum atomic E-state index is 13.2. The Morgan fingerprint density at radius 2 is 2.04 bits per heavy atom. The summed E-state index contributed by atoms with van der Waals surface area (Å²) in [6.45, 7) is 1.62. The lowest BCUT2D eigenvalue weighted by molar-refractivity contribution is -0.138. The maximum absolute atomic E-state index is 13.2. The van der Waals surface area contributed by atoms with Gasteiger partial charge in [0.05, 0.1) is 23.8 Å². The SMILES string of the molecule is Cc1c(C/N=c2\nc(C3CC3)n(C)c3cnc(Br)cc23)cccc1C(F)(F)F. The third-order valence-electron chi connectivity index (χ3n) is 5.11. The van der Waals surface area contributed by atoms with E-state index < -0.39 is 11.7 Å².